The average molecular weight is 181 g/mol. The first-order valence-electron chi connectivity index (χ1n) is 5.23. The van der Waals surface area contributed by atoms with Gasteiger partial charge in [0.05, 0.1) is 0 Å². The van der Waals surface area contributed by atoms with Crippen molar-refractivity contribution in [3.05, 3.63) is 11.6 Å². The third-order valence-corrected chi connectivity index (χ3v) is 1.94. The summed E-state index contributed by atoms with van der Waals surface area (Å²) in [4.78, 5) is 3.96. The van der Waals surface area contributed by atoms with Crippen molar-refractivity contribution in [1.82, 2.24) is 0 Å². The fraction of sp³-hybridized carbons (Fsp3) is 0.750. The molecule has 0 aromatic rings. The second-order valence-electron chi connectivity index (χ2n) is 4.02. The van der Waals surface area contributed by atoms with Crippen molar-refractivity contribution in [2.45, 2.75) is 46.5 Å². The summed E-state index contributed by atoms with van der Waals surface area (Å²) in [6, 6.07) is 0. The van der Waals surface area contributed by atoms with Crippen LogP contribution in [0.15, 0.2) is 16.6 Å². The molecule has 0 bridgehead atoms. The van der Waals surface area contributed by atoms with Gasteiger partial charge in [0.25, 0.3) is 0 Å². The van der Waals surface area contributed by atoms with E-state index in [0.717, 1.165) is 12.3 Å². The van der Waals surface area contributed by atoms with Gasteiger partial charge in [-0.15, -0.1) is 0 Å². The van der Waals surface area contributed by atoms with E-state index in [9.17, 15) is 0 Å². The Morgan fingerprint density at radius 3 is 2.54 bits per heavy atom. The molecule has 0 aliphatic rings. The van der Waals surface area contributed by atoms with E-state index in [1.807, 2.05) is 13.3 Å². The maximum atomic E-state index is 3.96. The SMILES string of the molecule is CN=CCCC/C=C(\C)CC(C)C. The lowest BCUT2D eigenvalue weighted by molar-refractivity contribution is 0.639. The number of allylic oxidation sites excluding steroid dienone is 2. The zero-order valence-electron chi connectivity index (χ0n) is 9.51. The molecule has 1 nitrogen and oxygen atoms in total. The lowest BCUT2D eigenvalue weighted by Crippen LogP contribution is -1.88. The minimum atomic E-state index is 0.786. The summed E-state index contributed by atoms with van der Waals surface area (Å²) in [5, 5.41) is 0. The quantitative estimate of drug-likeness (QED) is 0.335. The smallest absolute Gasteiger partial charge is 0.0273 e. The summed E-state index contributed by atoms with van der Waals surface area (Å²) in [5.74, 6) is 0.786. The molecular formula is C12H23N. The Labute approximate surface area is 83.0 Å². The third-order valence-electron chi connectivity index (χ3n) is 1.94. The summed E-state index contributed by atoms with van der Waals surface area (Å²) < 4.78 is 0. The summed E-state index contributed by atoms with van der Waals surface area (Å²) in [5.41, 5.74) is 1.53. The Morgan fingerprint density at radius 2 is 2.00 bits per heavy atom. The monoisotopic (exact) mass is 181 g/mol. The Morgan fingerprint density at radius 1 is 1.31 bits per heavy atom. The summed E-state index contributed by atoms with van der Waals surface area (Å²) in [6.07, 6.45) is 9.14. The van der Waals surface area contributed by atoms with Gasteiger partial charge >= 0.3 is 0 Å². The van der Waals surface area contributed by atoms with Crippen LogP contribution in [0.4, 0.5) is 0 Å². The van der Waals surface area contributed by atoms with Crippen LogP contribution in [0.25, 0.3) is 0 Å². The molecule has 0 atom stereocenters. The van der Waals surface area contributed by atoms with Gasteiger partial charge in [0.15, 0.2) is 0 Å². The lowest BCUT2D eigenvalue weighted by atomic mass is 10.0. The van der Waals surface area contributed by atoms with Crippen LogP contribution in [0.1, 0.15) is 46.5 Å². The van der Waals surface area contributed by atoms with Crippen LogP contribution >= 0.6 is 0 Å². The van der Waals surface area contributed by atoms with Crippen molar-refractivity contribution in [1.29, 1.82) is 0 Å². The number of aliphatic imine (C=N–C) groups is 1. The predicted molar refractivity (Wildman–Crippen MR) is 61.5 cm³/mol. The van der Waals surface area contributed by atoms with E-state index in [2.05, 4.69) is 31.8 Å². The van der Waals surface area contributed by atoms with Crippen molar-refractivity contribution < 1.29 is 0 Å². The van der Waals surface area contributed by atoms with Crippen LogP contribution in [0, 0.1) is 5.92 Å². The molecule has 0 heterocycles. The van der Waals surface area contributed by atoms with Gasteiger partial charge in [-0.05, 0) is 44.7 Å². The standard InChI is InChI=1S/C12H23N/c1-11(2)10-12(3)8-6-5-7-9-13-4/h8-9,11H,5-7,10H2,1-4H3/b12-8+,13-9?. The maximum Gasteiger partial charge on any atom is 0.0273 e. The first-order chi connectivity index (χ1) is 6.16. The number of hydrogen-bond donors (Lipinski definition) is 0. The van der Waals surface area contributed by atoms with Crippen LogP contribution < -0.4 is 0 Å². The number of rotatable bonds is 6. The second-order valence-corrected chi connectivity index (χ2v) is 4.02. The molecule has 0 saturated carbocycles. The molecule has 0 spiro atoms. The van der Waals surface area contributed by atoms with Crippen molar-refractivity contribution in [3.63, 3.8) is 0 Å². The van der Waals surface area contributed by atoms with Crippen LogP contribution in [0.2, 0.25) is 0 Å². The second kappa shape index (κ2) is 8.03. The first kappa shape index (κ1) is 12.4. The lowest BCUT2D eigenvalue weighted by Gasteiger charge is -2.03. The molecule has 0 aliphatic heterocycles. The van der Waals surface area contributed by atoms with Crippen LogP contribution in [0.3, 0.4) is 0 Å². The fourth-order valence-corrected chi connectivity index (χ4v) is 1.41. The third kappa shape index (κ3) is 9.32. The van der Waals surface area contributed by atoms with Gasteiger partial charge in [-0.2, -0.15) is 0 Å². The van der Waals surface area contributed by atoms with Crippen molar-refractivity contribution in [3.8, 4) is 0 Å². The molecule has 0 saturated heterocycles. The molecule has 0 aromatic carbocycles. The Bertz CT molecular complexity index is 166. The van der Waals surface area contributed by atoms with E-state index in [4.69, 9.17) is 0 Å². The first-order valence-corrected chi connectivity index (χ1v) is 5.23. The van der Waals surface area contributed by atoms with E-state index in [0.29, 0.717) is 0 Å². The van der Waals surface area contributed by atoms with Gasteiger partial charge in [-0.25, -0.2) is 0 Å². The van der Waals surface area contributed by atoms with E-state index in [1.165, 1.54) is 24.8 Å². The predicted octanol–water partition coefficient (Wildman–Crippen LogP) is 3.85. The molecule has 0 rings (SSSR count). The van der Waals surface area contributed by atoms with E-state index in [1.54, 1.807) is 0 Å². The zero-order valence-corrected chi connectivity index (χ0v) is 9.51. The van der Waals surface area contributed by atoms with Gasteiger partial charge in [0, 0.05) is 7.05 Å². The van der Waals surface area contributed by atoms with E-state index >= 15 is 0 Å². The summed E-state index contributed by atoms with van der Waals surface area (Å²) in [7, 11) is 1.83. The van der Waals surface area contributed by atoms with Gasteiger partial charge in [0.2, 0.25) is 0 Å². The highest BCUT2D eigenvalue weighted by molar-refractivity contribution is 5.56. The molecule has 1 heteroatoms. The highest BCUT2D eigenvalue weighted by Crippen LogP contribution is 2.11. The Hall–Kier alpha value is -0.590. The molecule has 0 radical (unpaired) electrons. The molecular weight excluding hydrogens is 158 g/mol. The molecule has 0 N–H and O–H groups in total. The largest absolute Gasteiger partial charge is 0.301 e. The molecule has 0 amide bonds. The van der Waals surface area contributed by atoms with Crippen molar-refractivity contribution >= 4 is 6.21 Å². The minimum Gasteiger partial charge on any atom is -0.301 e. The Kier molecular flexibility index (Phi) is 7.66. The van der Waals surface area contributed by atoms with E-state index < -0.39 is 0 Å². The summed E-state index contributed by atoms with van der Waals surface area (Å²) >= 11 is 0. The van der Waals surface area contributed by atoms with Crippen LogP contribution in [0.5, 0.6) is 0 Å². The highest BCUT2D eigenvalue weighted by Gasteiger charge is 1.94. The molecule has 0 unspecified atom stereocenters. The van der Waals surface area contributed by atoms with Gasteiger partial charge in [-0.1, -0.05) is 25.5 Å². The number of nitrogens with zero attached hydrogens (tertiary/aromatic N) is 1. The van der Waals surface area contributed by atoms with Crippen molar-refractivity contribution in [2.75, 3.05) is 7.05 Å². The molecule has 76 valence electrons. The number of unbranched alkanes of at least 4 members (excludes halogenated alkanes) is 2. The molecule has 0 aliphatic carbocycles. The fourth-order valence-electron chi connectivity index (χ4n) is 1.41. The molecule has 0 fully saturated rings. The van der Waals surface area contributed by atoms with Crippen molar-refractivity contribution in [2.24, 2.45) is 10.9 Å². The highest BCUT2D eigenvalue weighted by atomic mass is 14.6. The molecule has 0 aromatic heterocycles. The van der Waals surface area contributed by atoms with Crippen LogP contribution in [-0.4, -0.2) is 13.3 Å². The van der Waals surface area contributed by atoms with E-state index in [-0.39, 0.29) is 0 Å². The number of hydrogen-bond acceptors (Lipinski definition) is 1. The molecule has 13 heavy (non-hydrogen) atoms. The maximum absolute atomic E-state index is 3.96. The normalized spacial score (nSPS) is 13.2. The van der Waals surface area contributed by atoms with Crippen LogP contribution in [-0.2, 0) is 0 Å². The van der Waals surface area contributed by atoms with Gasteiger partial charge < -0.3 is 4.99 Å². The van der Waals surface area contributed by atoms with Gasteiger partial charge in [-0.3, -0.25) is 0 Å². The Balaban J connectivity index is 3.47. The summed E-state index contributed by atoms with van der Waals surface area (Å²) in [6.45, 7) is 6.76. The van der Waals surface area contributed by atoms with Gasteiger partial charge in [0.1, 0.15) is 0 Å². The minimum absolute atomic E-state index is 0.786. The average Bonchev–Trinajstić information content (AvgIpc) is 2.02. The zero-order chi connectivity index (χ0) is 10.1. The topological polar surface area (TPSA) is 12.4 Å².